The summed E-state index contributed by atoms with van der Waals surface area (Å²) in [6.45, 7) is 4.05. The SMILES string of the molecule is CCOc1ccccc1CNc1cccc(COC)c1. The molecule has 0 saturated carbocycles. The third-order valence-corrected chi connectivity index (χ3v) is 2.99. The van der Waals surface area contributed by atoms with Gasteiger partial charge in [-0.3, -0.25) is 0 Å². The maximum Gasteiger partial charge on any atom is 0.124 e. The molecule has 2 aromatic carbocycles. The first-order chi connectivity index (χ1) is 9.83. The fourth-order valence-corrected chi connectivity index (χ4v) is 2.08. The number of hydrogen-bond acceptors (Lipinski definition) is 3. The lowest BCUT2D eigenvalue weighted by atomic mass is 10.1. The fourth-order valence-electron chi connectivity index (χ4n) is 2.08. The Balaban J connectivity index is 2.03. The molecular formula is C17H21NO2. The van der Waals surface area contributed by atoms with Gasteiger partial charge in [-0.15, -0.1) is 0 Å². The van der Waals surface area contributed by atoms with Gasteiger partial charge in [0, 0.05) is 24.9 Å². The van der Waals surface area contributed by atoms with E-state index in [1.54, 1.807) is 7.11 Å². The van der Waals surface area contributed by atoms with Gasteiger partial charge in [0.1, 0.15) is 5.75 Å². The van der Waals surface area contributed by atoms with Crippen LogP contribution < -0.4 is 10.1 Å². The Kier molecular flexibility index (Phi) is 5.44. The highest BCUT2D eigenvalue weighted by molar-refractivity contribution is 5.47. The molecule has 2 aromatic rings. The molecule has 0 spiro atoms. The lowest BCUT2D eigenvalue weighted by Gasteiger charge is -2.12. The largest absolute Gasteiger partial charge is 0.494 e. The molecule has 1 N–H and O–H groups in total. The molecule has 0 saturated heterocycles. The Morgan fingerprint density at radius 1 is 1.05 bits per heavy atom. The summed E-state index contributed by atoms with van der Waals surface area (Å²) in [4.78, 5) is 0. The van der Waals surface area contributed by atoms with Gasteiger partial charge in [0.05, 0.1) is 13.2 Å². The topological polar surface area (TPSA) is 30.5 Å². The molecule has 0 aromatic heterocycles. The molecule has 3 heteroatoms. The zero-order chi connectivity index (χ0) is 14.2. The van der Waals surface area contributed by atoms with Crippen molar-refractivity contribution in [2.75, 3.05) is 19.0 Å². The van der Waals surface area contributed by atoms with E-state index < -0.39 is 0 Å². The molecule has 0 heterocycles. The third kappa shape index (κ3) is 4.00. The van der Waals surface area contributed by atoms with E-state index in [2.05, 4.69) is 29.6 Å². The second-order valence-electron chi connectivity index (χ2n) is 4.53. The molecule has 106 valence electrons. The van der Waals surface area contributed by atoms with Crippen molar-refractivity contribution in [1.82, 2.24) is 0 Å². The summed E-state index contributed by atoms with van der Waals surface area (Å²) in [5, 5.41) is 3.42. The molecule has 20 heavy (non-hydrogen) atoms. The predicted octanol–water partition coefficient (Wildman–Crippen LogP) is 3.84. The lowest BCUT2D eigenvalue weighted by Crippen LogP contribution is -2.03. The minimum Gasteiger partial charge on any atom is -0.494 e. The van der Waals surface area contributed by atoms with Crippen molar-refractivity contribution in [2.45, 2.75) is 20.1 Å². The number of hydrogen-bond donors (Lipinski definition) is 1. The van der Waals surface area contributed by atoms with Crippen molar-refractivity contribution < 1.29 is 9.47 Å². The van der Waals surface area contributed by atoms with Crippen molar-refractivity contribution in [3.05, 3.63) is 59.7 Å². The molecule has 0 aliphatic heterocycles. The van der Waals surface area contributed by atoms with Gasteiger partial charge in [0.2, 0.25) is 0 Å². The van der Waals surface area contributed by atoms with Gasteiger partial charge in [0.15, 0.2) is 0 Å². The monoisotopic (exact) mass is 271 g/mol. The van der Waals surface area contributed by atoms with Crippen LogP contribution in [-0.2, 0) is 17.9 Å². The summed E-state index contributed by atoms with van der Waals surface area (Å²) >= 11 is 0. The van der Waals surface area contributed by atoms with Crippen LogP contribution in [0.2, 0.25) is 0 Å². The molecule has 0 aliphatic rings. The quantitative estimate of drug-likeness (QED) is 0.830. The smallest absolute Gasteiger partial charge is 0.124 e. The molecule has 0 amide bonds. The van der Waals surface area contributed by atoms with E-state index in [0.717, 1.165) is 29.1 Å². The first kappa shape index (κ1) is 14.4. The Labute approximate surface area is 120 Å². The second kappa shape index (κ2) is 7.56. The molecular weight excluding hydrogens is 250 g/mol. The molecule has 3 nitrogen and oxygen atoms in total. The predicted molar refractivity (Wildman–Crippen MR) is 82.1 cm³/mol. The highest BCUT2D eigenvalue weighted by atomic mass is 16.5. The normalized spacial score (nSPS) is 10.3. The van der Waals surface area contributed by atoms with Crippen LogP contribution in [0.5, 0.6) is 5.75 Å². The van der Waals surface area contributed by atoms with Crippen LogP contribution in [0.4, 0.5) is 5.69 Å². The van der Waals surface area contributed by atoms with Gasteiger partial charge in [-0.2, -0.15) is 0 Å². The Morgan fingerprint density at radius 2 is 1.90 bits per heavy atom. The van der Waals surface area contributed by atoms with Crippen LogP contribution in [0.25, 0.3) is 0 Å². The summed E-state index contributed by atoms with van der Waals surface area (Å²) in [6, 6.07) is 16.4. The maximum atomic E-state index is 5.63. The zero-order valence-electron chi connectivity index (χ0n) is 12.1. The van der Waals surface area contributed by atoms with Gasteiger partial charge in [-0.05, 0) is 30.7 Å². The number of methoxy groups -OCH3 is 1. The van der Waals surface area contributed by atoms with E-state index in [1.807, 2.05) is 31.2 Å². The van der Waals surface area contributed by atoms with Crippen molar-refractivity contribution in [1.29, 1.82) is 0 Å². The number of anilines is 1. The van der Waals surface area contributed by atoms with E-state index in [0.29, 0.717) is 13.2 Å². The van der Waals surface area contributed by atoms with Gasteiger partial charge in [-0.1, -0.05) is 30.3 Å². The summed E-state index contributed by atoms with van der Waals surface area (Å²) in [5.41, 5.74) is 3.41. The number of rotatable bonds is 7. The van der Waals surface area contributed by atoms with Crippen LogP contribution in [0.1, 0.15) is 18.1 Å². The van der Waals surface area contributed by atoms with E-state index in [4.69, 9.17) is 9.47 Å². The number of para-hydroxylation sites is 1. The Hall–Kier alpha value is -2.00. The van der Waals surface area contributed by atoms with E-state index in [9.17, 15) is 0 Å². The zero-order valence-corrected chi connectivity index (χ0v) is 12.1. The average molecular weight is 271 g/mol. The minimum absolute atomic E-state index is 0.630. The molecule has 0 radical (unpaired) electrons. The Bertz CT molecular complexity index is 540. The number of benzene rings is 2. The van der Waals surface area contributed by atoms with Crippen molar-refractivity contribution >= 4 is 5.69 Å². The Morgan fingerprint density at radius 3 is 2.70 bits per heavy atom. The van der Waals surface area contributed by atoms with Gasteiger partial charge in [0.25, 0.3) is 0 Å². The molecule has 0 bridgehead atoms. The number of nitrogens with one attached hydrogen (secondary N) is 1. The summed E-state index contributed by atoms with van der Waals surface area (Å²) in [7, 11) is 1.71. The molecule has 0 atom stereocenters. The lowest BCUT2D eigenvalue weighted by molar-refractivity contribution is 0.185. The third-order valence-electron chi connectivity index (χ3n) is 2.99. The first-order valence-electron chi connectivity index (χ1n) is 6.86. The van der Waals surface area contributed by atoms with Crippen LogP contribution in [-0.4, -0.2) is 13.7 Å². The molecule has 0 fully saturated rings. The van der Waals surface area contributed by atoms with E-state index in [-0.39, 0.29) is 0 Å². The van der Waals surface area contributed by atoms with Crippen LogP contribution in [0.15, 0.2) is 48.5 Å². The average Bonchev–Trinajstić information content (AvgIpc) is 2.47. The molecule has 2 rings (SSSR count). The second-order valence-corrected chi connectivity index (χ2v) is 4.53. The van der Waals surface area contributed by atoms with Crippen LogP contribution >= 0.6 is 0 Å². The first-order valence-corrected chi connectivity index (χ1v) is 6.86. The fraction of sp³-hybridized carbons (Fsp3) is 0.294. The van der Waals surface area contributed by atoms with Crippen LogP contribution in [0.3, 0.4) is 0 Å². The van der Waals surface area contributed by atoms with E-state index >= 15 is 0 Å². The standard InChI is InChI=1S/C17H21NO2/c1-3-20-17-10-5-4-8-15(17)12-18-16-9-6-7-14(11-16)13-19-2/h4-11,18H,3,12-13H2,1-2H3. The van der Waals surface area contributed by atoms with Gasteiger partial charge >= 0.3 is 0 Å². The van der Waals surface area contributed by atoms with Gasteiger partial charge in [-0.25, -0.2) is 0 Å². The van der Waals surface area contributed by atoms with Crippen molar-refractivity contribution in [2.24, 2.45) is 0 Å². The molecule has 0 aliphatic carbocycles. The maximum absolute atomic E-state index is 5.63. The highest BCUT2D eigenvalue weighted by Gasteiger charge is 2.02. The van der Waals surface area contributed by atoms with E-state index in [1.165, 1.54) is 0 Å². The summed E-state index contributed by atoms with van der Waals surface area (Å²) in [5.74, 6) is 0.940. The van der Waals surface area contributed by atoms with Crippen LogP contribution in [0, 0.1) is 0 Å². The van der Waals surface area contributed by atoms with Crippen molar-refractivity contribution in [3.63, 3.8) is 0 Å². The summed E-state index contributed by atoms with van der Waals surface area (Å²) < 4.78 is 10.8. The van der Waals surface area contributed by atoms with Gasteiger partial charge < -0.3 is 14.8 Å². The highest BCUT2D eigenvalue weighted by Crippen LogP contribution is 2.20. The number of ether oxygens (including phenoxy) is 2. The summed E-state index contributed by atoms with van der Waals surface area (Å²) in [6.07, 6.45) is 0. The minimum atomic E-state index is 0.630. The van der Waals surface area contributed by atoms with Crippen molar-refractivity contribution in [3.8, 4) is 5.75 Å². The molecule has 0 unspecified atom stereocenters.